The van der Waals surface area contributed by atoms with E-state index >= 15 is 0 Å². The Bertz CT molecular complexity index is 177. The second-order valence-electron chi connectivity index (χ2n) is 5.14. The fraction of sp³-hybridized carbons (Fsp3) is 1.00. The first-order valence-electron chi connectivity index (χ1n) is 5.52. The molecule has 1 aliphatic heterocycles. The van der Waals surface area contributed by atoms with E-state index in [4.69, 9.17) is 0 Å². The minimum absolute atomic E-state index is 0.0796. The molecule has 1 heterocycles. The van der Waals surface area contributed by atoms with Gasteiger partial charge in [0.25, 0.3) is 0 Å². The molecule has 1 saturated carbocycles. The average molecular weight is 183 g/mol. The lowest BCUT2D eigenvalue weighted by Gasteiger charge is -2.52. The van der Waals surface area contributed by atoms with Crippen molar-refractivity contribution in [2.75, 3.05) is 13.6 Å². The zero-order valence-corrected chi connectivity index (χ0v) is 8.79. The molecule has 0 aromatic rings. The van der Waals surface area contributed by atoms with E-state index in [1.54, 1.807) is 0 Å². The van der Waals surface area contributed by atoms with Gasteiger partial charge in [-0.2, -0.15) is 0 Å². The van der Waals surface area contributed by atoms with Crippen LogP contribution < -0.4 is 0 Å². The van der Waals surface area contributed by atoms with Crippen molar-refractivity contribution in [1.82, 2.24) is 4.90 Å². The summed E-state index contributed by atoms with van der Waals surface area (Å²) in [5.41, 5.74) is 0.394. The standard InChI is InChI=1S/C11H21NO/c1-11-6-3-5-9(13)10(11)12(2)8-4-7-11/h9-10,13H,3-8H2,1-2H3. The lowest BCUT2D eigenvalue weighted by Crippen LogP contribution is -2.57. The number of piperidine rings is 1. The molecule has 13 heavy (non-hydrogen) atoms. The summed E-state index contributed by atoms with van der Waals surface area (Å²) in [6.45, 7) is 3.52. The Morgan fingerprint density at radius 2 is 2.00 bits per heavy atom. The fourth-order valence-corrected chi connectivity index (χ4v) is 3.46. The first-order chi connectivity index (χ1) is 6.13. The van der Waals surface area contributed by atoms with Gasteiger partial charge in [0.1, 0.15) is 0 Å². The van der Waals surface area contributed by atoms with E-state index in [1.165, 1.54) is 25.7 Å². The molecule has 1 saturated heterocycles. The number of hydrogen-bond donors (Lipinski definition) is 1. The van der Waals surface area contributed by atoms with Crippen molar-refractivity contribution >= 4 is 0 Å². The Morgan fingerprint density at radius 3 is 2.69 bits per heavy atom. The molecule has 1 N–H and O–H groups in total. The zero-order chi connectivity index (χ0) is 9.47. The Hall–Kier alpha value is -0.0800. The van der Waals surface area contributed by atoms with E-state index in [9.17, 15) is 5.11 Å². The van der Waals surface area contributed by atoms with Crippen LogP contribution in [0.1, 0.15) is 39.0 Å². The Kier molecular flexibility index (Phi) is 2.37. The van der Waals surface area contributed by atoms with Gasteiger partial charge in [0, 0.05) is 6.04 Å². The molecule has 0 radical (unpaired) electrons. The lowest BCUT2D eigenvalue weighted by atomic mass is 9.65. The highest BCUT2D eigenvalue weighted by Crippen LogP contribution is 2.44. The second kappa shape index (κ2) is 3.25. The quantitative estimate of drug-likeness (QED) is 0.617. The first-order valence-corrected chi connectivity index (χ1v) is 5.52. The van der Waals surface area contributed by atoms with Crippen LogP contribution in [0.2, 0.25) is 0 Å². The van der Waals surface area contributed by atoms with Gasteiger partial charge < -0.3 is 10.0 Å². The molecule has 2 rings (SSSR count). The van der Waals surface area contributed by atoms with Gasteiger partial charge in [-0.25, -0.2) is 0 Å². The van der Waals surface area contributed by atoms with Crippen LogP contribution in [0, 0.1) is 5.41 Å². The van der Waals surface area contributed by atoms with E-state index in [0.29, 0.717) is 11.5 Å². The van der Waals surface area contributed by atoms with Crippen LogP contribution in [0.15, 0.2) is 0 Å². The fourth-order valence-electron chi connectivity index (χ4n) is 3.46. The number of fused-ring (bicyclic) bond motifs is 1. The topological polar surface area (TPSA) is 23.5 Å². The Morgan fingerprint density at radius 1 is 1.31 bits per heavy atom. The number of aliphatic hydroxyl groups is 1. The van der Waals surface area contributed by atoms with Crippen LogP contribution >= 0.6 is 0 Å². The summed E-state index contributed by atoms with van der Waals surface area (Å²) in [6.07, 6.45) is 6.05. The number of nitrogens with zero attached hydrogens (tertiary/aromatic N) is 1. The van der Waals surface area contributed by atoms with Gasteiger partial charge >= 0.3 is 0 Å². The highest BCUT2D eigenvalue weighted by atomic mass is 16.3. The monoisotopic (exact) mass is 183 g/mol. The van der Waals surface area contributed by atoms with Gasteiger partial charge in [-0.15, -0.1) is 0 Å². The molecular weight excluding hydrogens is 162 g/mol. The molecular formula is C11H21NO. The van der Waals surface area contributed by atoms with Gasteiger partial charge in [-0.05, 0) is 44.7 Å². The smallest absolute Gasteiger partial charge is 0.0700 e. The first kappa shape index (κ1) is 9.47. The van der Waals surface area contributed by atoms with Crippen LogP contribution in [0.3, 0.4) is 0 Å². The molecule has 3 atom stereocenters. The molecule has 0 spiro atoms. The third-order valence-electron chi connectivity index (χ3n) is 4.06. The number of likely N-dealkylation sites (tertiary alicyclic amines) is 1. The largest absolute Gasteiger partial charge is 0.391 e. The molecule has 76 valence electrons. The average Bonchev–Trinajstić information content (AvgIpc) is 2.02. The van der Waals surface area contributed by atoms with Crippen molar-refractivity contribution in [3.8, 4) is 0 Å². The molecule has 0 amide bonds. The maximum absolute atomic E-state index is 10.00. The van der Waals surface area contributed by atoms with E-state index in [1.807, 2.05) is 0 Å². The normalized spacial score (nSPS) is 47.3. The molecule has 2 aliphatic rings. The maximum Gasteiger partial charge on any atom is 0.0700 e. The minimum atomic E-state index is -0.0796. The van der Waals surface area contributed by atoms with Crippen LogP contribution in [0.4, 0.5) is 0 Å². The number of hydrogen-bond acceptors (Lipinski definition) is 2. The molecule has 0 aromatic carbocycles. The van der Waals surface area contributed by atoms with Crippen molar-refractivity contribution in [2.24, 2.45) is 5.41 Å². The van der Waals surface area contributed by atoms with E-state index in [-0.39, 0.29) is 6.10 Å². The molecule has 0 aromatic heterocycles. The van der Waals surface area contributed by atoms with Crippen LogP contribution in [0.5, 0.6) is 0 Å². The SMILES string of the molecule is CN1CCCC2(C)CCCC(O)C12. The van der Waals surface area contributed by atoms with Crippen molar-refractivity contribution in [2.45, 2.75) is 51.2 Å². The number of likely N-dealkylation sites (N-methyl/N-ethyl adjacent to an activating group) is 1. The van der Waals surface area contributed by atoms with E-state index in [2.05, 4.69) is 18.9 Å². The summed E-state index contributed by atoms with van der Waals surface area (Å²) in [5, 5.41) is 10.00. The molecule has 2 nitrogen and oxygen atoms in total. The highest BCUT2D eigenvalue weighted by Gasteiger charge is 2.45. The van der Waals surface area contributed by atoms with Gasteiger partial charge in [-0.3, -0.25) is 0 Å². The Balaban J connectivity index is 2.19. The highest BCUT2D eigenvalue weighted by molar-refractivity contribution is 4.99. The van der Waals surface area contributed by atoms with Crippen LogP contribution in [0.25, 0.3) is 0 Å². The maximum atomic E-state index is 10.00. The van der Waals surface area contributed by atoms with Crippen molar-refractivity contribution in [1.29, 1.82) is 0 Å². The Labute approximate surface area is 80.9 Å². The van der Waals surface area contributed by atoms with E-state index in [0.717, 1.165) is 13.0 Å². The molecule has 0 bridgehead atoms. The van der Waals surface area contributed by atoms with Gasteiger partial charge in [0.15, 0.2) is 0 Å². The predicted molar refractivity (Wildman–Crippen MR) is 53.6 cm³/mol. The van der Waals surface area contributed by atoms with Crippen molar-refractivity contribution in [3.05, 3.63) is 0 Å². The molecule has 1 aliphatic carbocycles. The second-order valence-corrected chi connectivity index (χ2v) is 5.14. The predicted octanol–water partition coefficient (Wildman–Crippen LogP) is 1.63. The molecule has 2 heteroatoms. The third kappa shape index (κ3) is 1.50. The summed E-state index contributed by atoms with van der Waals surface area (Å²) in [7, 11) is 2.16. The van der Waals surface area contributed by atoms with Crippen molar-refractivity contribution < 1.29 is 5.11 Å². The summed E-state index contributed by atoms with van der Waals surface area (Å²) in [6, 6.07) is 0.426. The molecule has 2 fully saturated rings. The number of aliphatic hydroxyl groups excluding tert-OH is 1. The van der Waals surface area contributed by atoms with Crippen molar-refractivity contribution in [3.63, 3.8) is 0 Å². The number of rotatable bonds is 0. The van der Waals surface area contributed by atoms with Gasteiger partial charge in [0.2, 0.25) is 0 Å². The van der Waals surface area contributed by atoms with Crippen LogP contribution in [-0.2, 0) is 0 Å². The van der Waals surface area contributed by atoms with Gasteiger partial charge in [0.05, 0.1) is 6.10 Å². The summed E-state index contributed by atoms with van der Waals surface area (Å²) in [4.78, 5) is 2.37. The third-order valence-corrected chi connectivity index (χ3v) is 4.06. The molecule has 3 unspecified atom stereocenters. The van der Waals surface area contributed by atoms with Gasteiger partial charge in [-0.1, -0.05) is 13.3 Å². The van der Waals surface area contributed by atoms with E-state index < -0.39 is 0 Å². The minimum Gasteiger partial charge on any atom is -0.391 e. The summed E-state index contributed by atoms with van der Waals surface area (Å²) < 4.78 is 0. The lowest BCUT2D eigenvalue weighted by molar-refractivity contribution is -0.0721. The van der Waals surface area contributed by atoms with Crippen LogP contribution in [-0.4, -0.2) is 35.7 Å². The zero-order valence-electron chi connectivity index (χ0n) is 8.79. The summed E-state index contributed by atoms with van der Waals surface area (Å²) in [5.74, 6) is 0. The summed E-state index contributed by atoms with van der Waals surface area (Å²) >= 11 is 0.